The summed E-state index contributed by atoms with van der Waals surface area (Å²) in [6, 6.07) is -0.390. The molecule has 6 N–H and O–H groups in total. The number of carbonyl (C=O) groups excluding carboxylic acids is 1. The van der Waals surface area contributed by atoms with Crippen molar-refractivity contribution in [1.82, 2.24) is 10.6 Å². The minimum absolute atomic E-state index is 0.0720. The zero-order valence-corrected chi connectivity index (χ0v) is 8.88. The van der Waals surface area contributed by atoms with E-state index < -0.39 is 6.04 Å². The van der Waals surface area contributed by atoms with Crippen LogP contribution in [0, 0.1) is 0 Å². The summed E-state index contributed by atoms with van der Waals surface area (Å²) in [5.41, 5.74) is 11.0. The molecule has 0 aliphatic carbocycles. The van der Waals surface area contributed by atoms with Crippen LogP contribution in [-0.2, 0) is 4.79 Å². The molecule has 0 aliphatic heterocycles. The summed E-state index contributed by atoms with van der Waals surface area (Å²) in [6.07, 6.45) is 2.55. The molecule has 0 radical (unpaired) electrons. The van der Waals surface area contributed by atoms with Crippen LogP contribution in [0.15, 0.2) is 0 Å². The van der Waals surface area contributed by atoms with Crippen LogP contribution >= 0.6 is 0 Å². The van der Waals surface area contributed by atoms with E-state index in [-0.39, 0.29) is 5.91 Å². The zero-order chi connectivity index (χ0) is 10.8. The Hall–Kier alpha value is -0.650. The molecule has 0 aliphatic rings. The molecule has 0 saturated heterocycles. The first-order chi connectivity index (χ1) is 6.72. The number of amides is 1. The second-order valence-electron chi connectivity index (χ2n) is 3.29. The van der Waals surface area contributed by atoms with Gasteiger partial charge in [-0.05, 0) is 26.4 Å². The van der Waals surface area contributed by atoms with Crippen molar-refractivity contribution in [3.05, 3.63) is 0 Å². The average Bonchev–Trinajstić information content (AvgIpc) is 2.18. The Kier molecular flexibility index (Phi) is 8.51. The Morgan fingerprint density at radius 3 is 2.64 bits per heavy atom. The van der Waals surface area contributed by atoms with Crippen molar-refractivity contribution >= 4 is 5.91 Å². The summed E-state index contributed by atoms with van der Waals surface area (Å²) in [5, 5.41) is 5.69. The van der Waals surface area contributed by atoms with E-state index in [1.54, 1.807) is 0 Å². The van der Waals surface area contributed by atoms with E-state index in [2.05, 4.69) is 10.6 Å². The van der Waals surface area contributed by atoms with Crippen molar-refractivity contribution in [2.75, 3.05) is 26.7 Å². The lowest BCUT2D eigenvalue weighted by molar-refractivity contribution is -0.122. The number of likely N-dealkylation sites (N-methyl/N-ethyl adjacent to an activating group) is 1. The third-order valence-electron chi connectivity index (χ3n) is 1.98. The van der Waals surface area contributed by atoms with Crippen molar-refractivity contribution in [2.45, 2.75) is 25.3 Å². The monoisotopic (exact) mass is 202 g/mol. The number of hydrogen-bond acceptors (Lipinski definition) is 4. The van der Waals surface area contributed by atoms with Gasteiger partial charge < -0.3 is 22.1 Å². The van der Waals surface area contributed by atoms with Crippen LogP contribution in [0.4, 0.5) is 0 Å². The molecular formula is C9H22N4O. The number of carbonyl (C=O) groups is 1. The molecule has 0 aromatic carbocycles. The van der Waals surface area contributed by atoms with E-state index in [4.69, 9.17) is 11.5 Å². The summed E-state index contributed by atoms with van der Waals surface area (Å²) in [6.45, 7) is 2.05. The summed E-state index contributed by atoms with van der Waals surface area (Å²) in [4.78, 5) is 11.3. The molecule has 0 aromatic heterocycles. The highest BCUT2D eigenvalue weighted by Crippen LogP contribution is 1.97. The first-order valence-electron chi connectivity index (χ1n) is 5.10. The highest BCUT2D eigenvalue weighted by Gasteiger charge is 2.11. The third kappa shape index (κ3) is 6.82. The number of hydrogen-bond donors (Lipinski definition) is 4. The van der Waals surface area contributed by atoms with Gasteiger partial charge in [0.05, 0.1) is 6.04 Å². The lowest BCUT2D eigenvalue weighted by atomic mass is 10.1. The summed E-state index contributed by atoms with van der Waals surface area (Å²) in [5.74, 6) is -0.0720. The standard InChI is InChI=1S/C9H22N4O/c1-12-6-7-13-9(14)8(11)4-2-3-5-10/h8,12H,2-7,10-11H2,1H3,(H,13,14)/t8-/m1/s1. The molecule has 5 heteroatoms. The van der Waals surface area contributed by atoms with Crippen LogP contribution < -0.4 is 22.1 Å². The van der Waals surface area contributed by atoms with Gasteiger partial charge in [0.2, 0.25) is 5.91 Å². The van der Waals surface area contributed by atoms with Crippen LogP contribution in [0.25, 0.3) is 0 Å². The smallest absolute Gasteiger partial charge is 0.236 e. The Labute approximate surface area is 85.6 Å². The molecule has 5 nitrogen and oxygen atoms in total. The number of unbranched alkanes of at least 4 members (excludes halogenated alkanes) is 1. The van der Waals surface area contributed by atoms with Gasteiger partial charge in [0.1, 0.15) is 0 Å². The molecule has 0 saturated carbocycles. The maximum atomic E-state index is 11.3. The number of nitrogens with two attached hydrogens (primary N) is 2. The van der Waals surface area contributed by atoms with Gasteiger partial charge in [-0.25, -0.2) is 0 Å². The minimum Gasteiger partial charge on any atom is -0.353 e. The second-order valence-corrected chi connectivity index (χ2v) is 3.29. The second kappa shape index (κ2) is 8.93. The SMILES string of the molecule is CNCCNC(=O)[C@H](N)CCCCN. The summed E-state index contributed by atoms with van der Waals surface area (Å²) in [7, 11) is 1.84. The summed E-state index contributed by atoms with van der Waals surface area (Å²) < 4.78 is 0. The Balaban J connectivity index is 3.44. The number of rotatable bonds is 8. The van der Waals surface area contributed by atoms with E-state index in [9.17, 15) is 4.79 Å². The molecule has 0 rings (SSSR count). The molecule has 0 unspecified atom stereocenters. The topological polar surface area (TPSA) is 93.2 Å². The van der Waals surface area contributed by atoms with Gasteiger partial charge in [0.15, 0.2) is 0 Å². The average molecular weight is 202 g/mol. The predicted molar refractivity (Wildman–Crippen MR) is 57.8 cm³/mol. The van der Waals surface area contributed by atoms with Gasteiger partial charge in [0.25, 0.3) is 0 Å². The molecule has 0 aromatic rings. The van der Waals surface area contributed by atoms with E-state index in [1.165, 1.54) is 0 Å². The van der Waals surface area contributed by atoms with Crippen LogP contribution in [0.3, 0.4) is 0 Å². The zero-order valence-electron chi connectivity index (χ0n) is 8.88. The first-order valence-corrected chi connectivity index (χ1v) is 5.10. The van der Waals surface area contributed by atoms with Crippen molar-refractivity contribution in [2.24, 2.45) is 11.5 Å². The van der Waals surface area contributed by atoms with Gasteiger partial charge in [-0.3, -0.25) is 4.79 Å². The Morgan fingerprint density at radius 2 is 2.07 bits per heavy atom. The maximum Gasteiger partial charge on any atom is 0.236 e. The molecule has 0 fully saturated rings. The van der Waals surface area contributed by atoms with Crippen LogP contribution in [0.5, 0.6) is 0 Å². The van der Waals surface area contributed by atoms with Gasteiger partial charge >= 0.3 is 0 Å². The molecule has 0 heterocycles. The minimum atomic E-state index is -0.390. The fourth-order valence-electron chi connectivity index (χ4n) is 1.08. The quantitative estimate of drug-likeness (QED) is 0.371. The fraction of sp³-hybridized carbons (Fsp3) is 0.889. The van der Waals surface area contributed by atoms with E-state index >= 15 is 0 Å². The Morgan fingerprint density at radius 1 is 1.36 bits per heavy atom. The van der Waals surface area contributed by atoms with E-state index in [0.29, 0.717) is 19.5 Å². The van der Waals surface area contributed by atoms with Crippen molar-refractivity contribution in [3.63, 3.8) is 0 Å². The highest BCUT2D eigenvalue weighted by atomic mass is 16.2. The lowest BCUT2D eigenvalue weighted by Gasteiger charge is -2.11. The number of nitrogens with one attached hydrogen (secondary N) is 2. The highest BCUT2D eigenvalue weighted by molar-refractivity contribution is 5.81. The van der Waals surface area contributed by atoms with Crippen LogP contribution in [0.2, 0.25) is 0 Å². The molecule has 1 amide bonds. The van der Waals surface area contributed by atoms with Crippen LogP contribution in [0.1, 0.15) is 19.3 Å². The van der Waals surface area contributed by atoms with Gasteiger partial charge in [0, 0.05) is 13.1 Å². The third-order valence-corrected chi connectivity index (χ3v) is 1.98. The maximum absolute atomic E-state index is 11.3. The lowest BCUT2D eigenvalue weighted by Crippen LogP contribution is -2.42. The molecular weight excluding hydrogens is 180 g/mol. The molecule has 14 heavy (non-hydrogen) atoms. The van der Waals surface area contributed by atoms with Gasteiger partial charge in [-0.1, -0.05) is 6.42 Å². The molecule has 1 atom stereocenters. The van der Waals surface area contributed by atoms with Crippen molar-refractivity contribution < 1.29 is 4.79 Å². The van der Waals surface area contributed by atoms with Gasteiger partial charge in [-0.2, -0.15) is 0 Å². The van der Waals surface area contributed by atoms with Crippen LogP contribution in [-0.4, -0.2) is 38.6 Å². The summed E-state index contributed by atoms with van der Waals surface area (Å²) >= 11 is 0. The van der Waals surface area contributed by atoms with Gasteiger partial charge in [-0.15, -0.1) is 0 Å². The van der Waals surface area contributed by atoms with Crippen molar-refractivity contribution in [3.8, 4) is 0 Å². The Bertz CT molecular complexity index is 152. The molecule has 0 bridgehead atoms. The normalized spacial score (nSPS) is 12.5. The predicted octanol–water partition coefficient (Wildman–Crippen LogP) is -1.22. The fourth-order valence-corrected chi connectivity index (χ4v) is 1.08. The van der Waals surface area contributed by atoms with E-state index in [1.807, 2.05) is 7.05 Å². The first kappa shape index (κ1) is 13.4. The van der Waals surface area contributed by atoms with Crippen molar-refractivity contribution in [1.29, 1.82) is 0 Å². The largest absolute Gasteiger partial charge is 0.353 e. The molecule has 0 spiro atoms. The molecule has 84 valence electrons. The van der Waals surface area contributed by atoms with E-state index in [0.717, 1.165) is 19.4 Å².